The molecule has 194 valence electrons. The first-order valence-corrected chi connectivity index (χ1v) is 14.0. The molecule has 4 nitrogen and oxygen atoms in total. The molecule has 0 heterocycles. The van der Waals surface area contributed by atoms with E-state index < -0.39 is 0 Å². The highest BCUT2D eigenvalue weighted by atomic mass is 35.5. The number of ether oxygens (including phenoxy) is 2. The van der Waals surface area contributed by atoms with Crippen molar-refractivity contribution >= 4 is 35.1 Å². The number of esters is 2. The van der Waals surface area contributed by atoms with E-state index in [4.69, 9.17) is 32.7 Å². The van der Waals surface area contributed by atoms with Crippen molar-refractivity contribution in [1.82, 2.24) is 0 Å². The molecule has 0 N–H and O–H groups in total. The Balaban J connectivity index is 1.86. The molecule has 1 aromatic carbocycles. The van der Waals surface area contributed by atoms with Crippen LogP contribution in [0.4, 0.5) is 0 Å². The number of unbranched alkanes of at least 4 members (excludes halogenated alkanes) is 13. The molecule has 1 rings (SSSR count). The molecule has 34 heavy (non-hydrogen) atoms. The van der Waals surface area contributed by atoms with Crippen LogP contribution in [0.3, 0.4) is 0 Å². The maximum absolute atomic E-state index is 11.9. The predicted octanol–water partition coefficient (Wildman–Crippen LogP) is 9.23. The Morgan fingerprint density at radius 1 is 0.618 bits per heavy atom. The summed E-state index contributed by atoms with van der Waals surface area (Å²) in [5.41, 5.74) is 0.766. The number of rotatable bonds is 21. The molecule has 6 heteroatoms. The maximum Gasteiger partial charge on any atom is 0.306 e. The van der Waals surface area contributed by atoms with Crippen LogP contribution in [0.2, 0.25) is 10.0 Å². The third-order valence-corrected chi connectivity index (χ3v) is 6.28. The Morgan fingerprint density at radius 2 is 1.06 bits per heavy atom. The summed E-state index contributed by atoms with van der Waals surface area (Å²) in [4.78, 5) is 23.7. The molecular formula is C28H44Cl2O4. The lowest BCUT2D eigenvalue weighted by molar-refractivity contribution is -0.145. The van der Waals surface area contributed by atoms with Gasteiger partial charge in [0.1, 0.15) is 6.61 Å². The van der Waals surface area contributed by atoms with E-state index in [0.29, 0.717) is 35.9 Å². The third-order valence-electron chi connectivity index (χ3n) is 5.84. The van der Waals surface area contributed by atoms with Gasteiger partial charge in [-0.15, -0.1) is 0 Å². The Hall–Kier alpha value is -1.26. The summed E-state index contributed by atoms with van der Waals surface area (Å²) in [5, 5.41) is 1.04. The lowest BCUT2D eigenvalue weighted by atomic mass is 10.1. The molecule has 0 bridgehead atoms. The Kier molecular flexibility index (Phi) is 19.1. The van der Waals surface area contributed by atoms with Crippen LogP contribution in [-0.4, -0.2) is 18.5 Å². The van der Waals surface area contributed by atoms with E-state index in [9.17, 15) is 9.59 Å². The van der Waals surface area contributed by atoms with Crippen molar-refractivity contribution in [3.8, 4) is 0 Å². The third kappa shape index (κ3) is 18.1. The lowest BCUT2D eigenvalue weighted by Crippen LogP contribution is -2.06. The van der Waals surface area contributed by atoms with E-state index in [1.807, 2.05) is 0 Å². The summed E-state index contributed by atoms with van der Waals surface area (Å²) in [6.45, 7) is 2.94. The van der Waals surface area contributed by atoms with E-state index in [2.05, 4.69) is 6.92 Å². The number of benzene rings is 1. The first-order valence-electron chi connectivity index (χ1n) is 13.3. The van der Waals surface area contributed by atoms with Crippen LogP contribution in [0.15, 0.2) is 18.2 Å². The van der Waals surface area contributed by atoms with Gasteiger partial charge in [0, 0.05) is 22.9 Å². The fraction of sp³-hybridized carbons (Fsp3) is 0.714. The van der Waals surface area contributed by atoms with Crippen molar-refractivity contribution in [3.63, 3.8) is 0 Å². The molecule has 0 aromatic heterocycles. The van der Waals surface area contributed by atoms with E-state index in [1.54, 1.807) is 18.2 Å². The van der Waals surface area contributed by atoms with Gasteiger partial charge < -0.3 is 9.47 Å². The van der Waals surface area contributed by atoms with E-state index in [0.717, 1.165) is 31.2 Å². The van der Waals surface area contributed by atoms with Gasteiger partial charge in [-0.25, -0.2) is 0 Å². The van der Waals surface area contributed by atoms with E-state index >= 15 is 0 Å². The quantitative estimate of drug-likeness (QED) is 0.121. The minimum absolute atomic E-state index is 0.136. The van der Waals surface area contributed by atoms with Gasteiger partial charge in [-0.2, -0.15) is 0 Å². The SMILES string of the molecule is CCCCCCCCCCCCCCOC(=O)CCCCCC(=O)OCc1cc(Cl)cc(Cl)c1. The molecule has 0 aliphatic heterocycles. The number of carbonyl (C=O) groups excluding carboxylic acids is 2. The van der Waals surface area contributed by atoms with Crippen molar-refractivity contribution in [2.24, 2.45) is 0 Å². The van der Waals surface area contributed by atoms with E-state index in [1.165, 1.54) is 64.2 Å². The van der Waals surface area contributed by atoms with Crippen molar-refractivity contribution < 1.29 is 19.1 Å². The summed E-state index contributed by atoms with van der Waals surface area (Å²) in [6, 6.07) is 5.09. The van der Waals surface area contributed by atoms with Gasteiger partial charge in [0.2, 0.25) is 0 Å². The molecule has 0 saturated heterocycles. The Bertz CT molecular complexity index is 658. The summed E-state index contributed by atoms with van der Waals surface area (Å²) in [7, 11) is 0. The number of hydrogen-bond acceptors (Lipinski definition) is 4. The van der Waals surface area contributed by atoms with Crippen molar-refractivity contribution in [2.45, 2.75) is 123 Å². The van der Waals surface area contributed by atoms with Gasteiger partial charge >= 0.3 is 11.9 Å². The molecular weight excluding hydrogens is 471 g/mol. The van der Waals surface area contributed by atoms with Crippen LogP contribution in [0, 0.1) is 0 Å². The van der Waals surface area contributed by atoms with Crippen LogP contribution in [0.25, 0.3) is 0 Å². The van der Waals surface area contributed by atoms with Gasteiger partial charge in [-0.05, 0) is 43.0 Å². The first-order chi connectivity index (χ1) is 16.5. The monoisotopic (exact) mass is 514 g/mol. The van der Waals surface area contributed by atoms with Crippen LogP contribution in [0.1, 0.15) is 122 Å². The molecule has 0 spiro atoms. The van der Waals surface area contributed by atoms with Crippen molar-refractivity contribution in [3.05, 3.63) is 33.8 Å². The minimum atomic E-state index is -0.259. The second kappa shape index (κ2) is 21.1. The summed E-state index contributed by atoms with van der Waals surface area (Å²) >= 11 is 11.9. The zero-order valence-corrected chi connectivity index (χ0v) is 22.6. The molecule has 0 saturated carbocycles. The van der Waals surface area contributed by atoms with E-state index in [-0.39, 0.29) is 18.5 Å². The predicted molar refractivity (Wildman–Crippen MR) is 141 cm³/mol. The molecule has 0 radical (unpaired) electrons. The van der Waals surface area contributed by atoms with Crippen LogP contribution < -0.4 is 0 Å². The van der Waals surface area contributed by atoms with Gasteiger partial charge in [0.05, 0.1) is 6.61 Å². The maximum atomic E-state index is 11.9. The summed E-state index contributed by atoms with van der Waals surface area (Å²) in [6.07, 6.45) is 18.5. The zero-order chi connectivity index (χ0) is 24.9. The van der Waals surface area contributed by atoms with Crippen LogP contribution in [-0.2, 0) is 25.7 Å². The zero-order valence-electron chi connectivity index (χ0n) is 21.1. The average Bonchev–Trinajstić information content (AvgIpc) is 2.80. The normalized spacial score (nSPS) is 10.9. The van der Waals surface area contributed by atoms with Crippen molar-refractivity contribution in [1.29, 1.82) is 0 Å². The topological polar surface area (TPSA) is 52.6 Å². The Morgan fingerprint density at radius 3 is 1.59 bits per heavy atom. The van der Waals surface area contributed by atoms with Crippen LogP contribution >= 0.6 is 23.2 Å². The highest BCUT2D eigenvalue weighted by molar-refractivity contribution is 6.34. The minimum Gasteiger partial charge on any atom is -0.466 e. The molecule has 0 atom stereocenters. The number of hydrogen-bond donors (Lipinski definition) is 0. The number of halogens is 2. The smallest absolute Gasteiger partial charge is 0.306 e. The summed E-state index contributed by atoms with van der Waals surface area (Å²) < 4.78 is 10.6. The Labute approximate surface area is 217 Å². The van der Waals surface area contributed by atoms with Crippen LogP contribution in [0.5, 0.6) is 0 Å². The van der Waals surface area contributed by atoms with Gasteiger partial charge in [-0.3, -0.25) is 9.59 Å². The molecule has 0 aliphatic carbocycles. The number of carbonyl (C=O) groups is 2. The lowest BCUT2D eigenvalue weighted by Gasteiger charge is -2.07. The largest absolute Gasteiger partial charge is 0.466 e. The van der Waals surface area contributed by atoms with Gasteiger partial charge in [0.25, 0.3) is 0 Å². The van der Waals surface area contributed by atoms with Gasteiger partial charge in [0.15, 0.2) is 0 Å². The summed E-state index contributed by atoms with van der Waals surface area (Å²) in [5.74, 6) is -0.394. The molecule has 0 unspecified atom stereocenters. The van der Waals surface area contributed by atoms with Crippen molar-refractivity contribution in [2.75, 3.05) is 6.61 Å². The molecule has 0 amide bonds. The second-order valence-corrected chi connectivity index (χ2v) is 9.98. The highest BCUT2D eigenvalue weighted by Gasteiger charge is 2.07. The standard InChI is InChI=1S/C28H44Cl2O4/c1-2-3-4-5-6-7-8-9-10-11-12-16-19-33-27(31)17-14-13-15-18-28(32)34-23-24-20-25(29)22-26(30)21-24/h20-22H,2-19,23H2,1H3. The molecule has 0 fully saturated rings. The highest BCUT2D eigenvalue weighted by Crippen LogP contribution is 2.20. The van der Waals surface area contributed by atoms with Gasteiger partial charge in [-0.1, -0.05) is 107 Å². The molecule has 1 aromatic rings. The second-order valence-electron chi connectivity index (χ2n) is 9.11. The average molecular weight is 516 g/mol. The fourth-order valence-corrected chi connectivity index (χ4v) is 4.42. The fourth-order valence-electron chi connectivity index (χ4n) is 3.85. The molecule has 0 aliphatic rings. The first kappa shape index (κ1) is 30.8.